The average Bonchev–Trinajstić information content (AvgIpc) is 3.33. The summed E-state index contributed by atoms with van der Waals surface area (Å²) in [6.07, 6.45) is 14.4. The van der Waals surface area contributed by atoms with Crippen molar-refractivity contribution in [1.82, 2.24) is 0 Å². The molecule has 6 rings (SSSR count). The topological polar surface area (TPSA) is 0 Å². The minimum absolute atomic E-state index is 0. The minimum atomic E-state index is 0. The monoisotopic (exact) mass is 638 g/mol. The van der Waals surface area contributed by atoms with Crippen LogP contribution in [-0.4, -0.2) is 0 Å². The van der Waals surface area contributed by atoms with E-state index in [2.05, 4.69) is 106 Å². The summed E-state index contributed by atoms with van der Waals surface area (Å²) in [4.78, 5) is 0. The molecule has 0 unspecified atom stereocenters. The summed E-state index contributed by atoms with van der Waals surface area (Å²) >= 11 is 0. The SMILES string of the molecule is CC1=[C-]c2cc3c(cc2C1)C(C)(C)CCC3(C)C.CC1=[C-]c2cc3c(cc2C1)C(C)(C)CCC3(C)C.[Cl-].[Cl-].[Zr+4]. The van der Waals surface area contributed by atoms with Crippen molar-refractivity contribution in [2.24, 2.45) is 0 Å². The molecule has 0 atom stereocenters. The Morgan fingerprint density at radius 1 is 0.487 bits per heavy atom. The van der Waals surface area contributed by atoms with Crippen LogP contribution in [0, 0.1) is 12.2 Å². The number of rotatable bonds is 0. The van der Waals surface area contributed by atoms with Crippen molar-refractivity contribution in [2.45, 2.75) is 129 Å². The quantitative estimate of drug-likeness (QED) is 0.388. The van der Waals surface area contributed by atoms with E-state index in [0.717, 1.165) is 12.8 Å². The minimum Gasteiger partial charge on any atom is -1.00 e. The van der Waals surface area contributed by atoms with Gasteiger partial charge in [-0.2, -0.15) is 35.4 Å². The standard InChI is InChI=1S/2C18H23.2ClH.Zr/c2*1-12-8-13-10-15-16(11-14(13)9-12)18(4,5)7-6-17(15,2)3;;;/h2*10-11H,6-8H2,1-5H3;2*1H;/q2*-1;;;+4/p-2. The van der Waals surface area contributed by atoms with Gasteiger partial charge >= 0.3 is 26.2 Å². The van der Waals surface area contributed by atoms with Crippen LogP contribution in [0.4, 0.5) is 0 Å². The maximum absolute atomic E-state index is 3.53. The van der Waals surface area contributed by atoms with Gasteiger partial charge in [-0.05, 0) is 47.3 Å². The van der Waals surface area contributed by atoms with E-state index < -0.39 is 0 Å². The Bertz CT molecular complexity index is 1200. The van der Waals surface area contributed by atoms with Gasteiger partial charge in [0.25, 0.3) is 0 Å². The van der Waals surface area contributed by atoms with Crippen LogP contribution in [0.2, 0.25) is 0 Å². The second-order valence-electron chi connectivity index (χ2n) is 14.8. The third-order valence-electron chi connectivity index (χ3n) is 9.76. The van der Waals surface area contributed by atoms with Gasteiger partial charge in [-0.1, -0.05) is 104 Å². The molecule has 2 aromatic rings. The van der Waals surface area contributed by atoms with Crippen molar-refractivity contribution >= 4 is 0 Å². The van der Waals surface area contributed by atoms with Gasteiger partial charge in [-0.25, -0.2) is 0 Å². The van der Waals surface area contributed by atoms with Gasteiger partial charge < -0.3 is 24.8 Å². The first-order valence-electron chi connectivity index (χ1n) is 14.1. The van der Waals surface area contributed by atoms with E-state index in [4.69, 9.17) is 0 Å². The zero-order valence-corrected chi connectivity index (χ0v) is 29.8. The smallest absolute Gasteiger partial charge is 1.00 e. The van der Waals surface area contributed by atoms with E-state index in [1.54, 1.807) is 22.3 Å². The summed E-state index contributed by atoms with van der Waals surface area (Å²) in [5, 5.41) is 0. The molecule has 4 aliphatic rings. The maximum Gasteiger partial charge on any atom is 4.00 e. The van der Waals surface area contributed by atoms with Crippen molar-refractivity contribution in [3.8, 4) is 0 Å². The summed E-state index contributed by atoms with van der Waals surface area (Å²) in [7, 11) is 0. The summed E-state index contributed by atoms with van der Waals surface area (Å²) in [5.41, 5.74) is 16.0. The summed E-state index contributed by atoms with van der Waals surface area (Å²) in [6.45, 7) is 23.5. The molecule has 4 aliphatic carbocycles. The molecular weight excluding hydrogens is 595 g/mol. The second-order valence-corrected chi connectivity index (χ2v) is 14.8. The van der Waals surface area contributed by atoms with Crippen molar-refractivity contribution in [1.29, 1.82) is 0 Å². The molecule has 0 radical (unpaired) electrons. The first-order chi connectivity index (χ1) is 16.6. The van der Waals surface area contributed by atoms with Gasteiger partial charge in [0, 0.05) is 0 Å². The van der Waals surface area contributed by atoms with Crippen molar-refractivity contribution in [2.75, 3.05) is 0 Å². The van der Waals surface area contributed by atoms with Gasteiger partial charge in [-0.15, -0.1) is 34.4 Å². The average molecular weight is 641 g/mol. The maximum atomic E-state index is 3.53. The Kier molecular flexibility index (Phi) is 10.3. The van der Waals surface area contributed by atoms with Crippen LogP contribution in [-0.2, 0) is 60.7 Å². The van der Waals surface area contributed by atoms with Gasteiger partial charge in [0.2, 0.25) is 0 Å². The molecule has 0 saturated heterocycles. The zero-order valence-electron chi connectivity index (χ0n) is 25.8. The molecule has 3 heteroatoms. The number of fused-ring (bicyclic) bond motifs is 4. The number of benzene rings is 2. The first-order valence-corrected chi connectivity index (χ1v) is 14.1. The molecule has 0 bridgehead atoms. The van der Waals surface area contributed by atoms with E-state index in [0.29, 0.717) is 21.7 Å². The molecule has 0 spiro atoms. The summed E-state index contributed by atoms with van der Waals surface area (Å²) in [5.74, 6) is 0. The van der Waals surface area contributed by atoms with Gasteiger partial charge in [0.15, 0.2) is 0 Å². The largest absolute Gasteiger partial charge is 4.00 e. The van der Waals surface area contributed by atoms with E-state index in [1.807, 2.05) is 0 Å². The van der Waals surface area contributed by atoms with Gasteiger partial charge in [0.1, 0.15) is 0 Å². The van der Waals surface area contributed by atoms with E-state index >= 15 is 0 Å². The molecule has 0 saturated carbocycles. The summed E-state index contributed by atoms with van der Waals surface area (Å²) < 4.78 is 0. The third-order valence-corrected chi connectivity index (χ3v) is 9.76. The molecule has 2 aromatic carbocycles. The molecule has 0 N–H and O–H groups in total. The molecule has 0 aliphatic heterocycles. The number of halogens is 2. The fourth-order valence-corrected chi connectivity index (χ4v) is 6.96. The Labute approximate surface area is 270 Å². The van der Waals surface area contributed by atoms with Crippen LogP contribution < -0.4 is 24.8 Å². The van der Waals surface area contributed by atoms with Gasteiger partial charge in [0.05, 0.1) is 0 Å². The predicted molar refractivity (Wildman–Crippen MR) is 154 cm³/mol. The van der Waals surface area contributed by atoms with Crippen molar-refractivity contribution in [3.63, 3.8) is 0 Å². The number of allylic oxidation sites excluding steroid dienone is 2. The Morgan fingerprint density at radius 3 is 1.03 bits per heavy atom. The molecule has 0 aromatic heterocycles. The molecule has 39 heavy (non-hydrogen) atoms. The van der Waals surface area contributed by atoms with Crippen LogP contribution in [0.3, 0.4) is 0 Å². The molecule has 0 fully saturated rings. The van der Waals surface area contributed by atoms with Gasteiger partial charge in [-0.3, -0.25) is 0 Å². The Morgan fingerprint density at radius 2 is 0.744 bits per heavy atom. The normalized spacial score (nSPS) is 21.5. The van der Waals surface area contributed by atoms with Crippen LogP contribution >= 0.6 is 0 Å². The fraction of sp³-hybridized carbons (Fsp3) is 0.556. The second kappa shape index (κ2) is 11.6. The van der Waals surface area contributed by atoms with E-state index in [-0.39, 0.29) is 51.0 Å². The fourth-order valence-electron chi connectivity index (χ4n) is 6.96. The summed E-state index contributed by atoms with van der Waals surface area (Å²) in [6, 6.07) is 9.77. The zero-order chi connectivity index (χ0) is 26.3. The van der Waals surface area contributed by atoms with Crippen molar-refractivity contribution in [3.05, 3.63) is 92.1 Å². The van der Waals surface area contributed by atoms with Crippen LogP contribution in [0.25, 0.3) is 0 Å². The van der Waals surface area contributed by atoms with Crippen LogP contribution in [0.5, 0.6) is 0 Å². The van der Waals surface area contributed by atoms with Crippen LogP contribution in [0.1, 0.15) is 139 Å². The molecule has 208 valence electrons. The molecule has 0 amide bonds. The number of hydrogen-bond acceptors (Lipinski definition) is 0. The molecule has 0 heterocycles. The Balaban J connectivity index is 0.000000254. The van der Waals surface area contributed by atoms with Crippen molar-refractivity contribution < 1.29 is 51.0 Å². The van der Waals surface area contributed by atoms with Crippen LogP contribution in [0.15, 0.2) is 35.4 Å². The third kappa shape index (κ3) is 6.42. The van der Waals surface area contributed by atoms with E-state index in [9.17, 15) is 0 Å². The molecule has 0 nitrogen and oxygen atoms in total. The Hall–Kier alpha value is -0.617. The predicted octanol–water partition coefficient (Wildman–Crippen LogP) is 3.38. The first kappa shape index (κ1) is 34.6. The molecular formula is C36H46Cl2Zr. The number of hydrogen-bond donors (Lipinski definition) is 0. The van der Waals surface area contributed by atoms with E-state index in [1.165, 1.54) is 59.1 Å².